The van der Waals surface area contributed by atoms with E-state index in [0.29, 0.717) is 11.0 Å². The van der Waals surface area contributed by atoms with Gasteiger partial charge in [0.2, 0.25) is 0 Å². The third-order valence-corrected chi connectivity index (χ3v) is 3.38. The van der Waals surface area contributed by atoms with Crippen LogP contribution in [-0.4, -0.2) is 32.2 Å². The normalized spacial score (nSPS) is 14.8. The molecule has 5 nitrogen and oxygen atoms in total. The first kappa shape index (κ1) is 11.2. The number of hydrogen-bond donors (Lipinski definition) is 2. The molecule has 6 heteroatoms. The van der Waals surface area contributed by atoms with Crippen molar-refractivity contribution in [2.75, 3.05) is 5.33 Å². The molecular weight excluding hydrogens is 248 g/mol. The number of H-pyrrole nitrogens is 1. The third-order valence-electron chi connectivity index (χ3n) is 2.14. The number of amides is 1. The zero-order valence-electron chi connectivity index (χ0n) is 8.17. The lowest BCUT2D eigenvalue weighted by Gasteiger charge is -2.26. The maximum Gasteiger partial charge on any atom is 0.273 e. The quantitative estimate of drug-likeness (QED) is 0.797. The maximum atomic E-state index is 11.6. The van der Waals surface area contributed by atoms with E-state index in [0.717, 1.165) is 6.42 Å². The van der Waals surface area contributed by atoms with Crippen molar-refractivity contribution >= 4 is 21.8 Å². The van der Waals surface area contributed by atoms with E-state index in [1.165, 1.54) is 6.20 Å². The number of aromatic amines is 1. The monoisotopic (exact) mass is 260 g/mol. The second-order valence-electron chi connectivity index (χ2n) is 3.36. The highest BCUT2D eigenvalue weighted by Crippen LogP contribution is 2.12. The first-order valence-corrected chi connectivity index (χ1v) is 5.47. The minimum atomic E-state index is -0.240. The Kier molecular flexibility index (Phi) is 3.62. The van der Waals surface area contributed by atoms with Gasteiger partial charge in [0.1, 0.15) is 0 Å². The van der Waals surface area contributed by atoms with Crippen LogP contribution in [0.2, 0.25) is 0 Å². The van der Waals surface area contributed by atoms with Gasteiger partial charge in [-0.3, -0.25) is 4.79 Å². The van der Waals surface area contributed by atoms with Gasteiger partial charge < -0.3 is 5.32 Å². The molecule has 0 fully saturated rings. The van der Waals surface area contributed by atoms with Crippen LogP contribution in [-0.2, 0) is 0 Å². The van der Waals surface area contributed by atoms with E-state index in [9.17, 15) is 4.79 Å². The molecule has 0 aromatic carbocycles. The van der Waals surface area contributed by atoms with Gasteiger partial charge in [-0.15, -0.1) is 0 Å². The number of alkyl halides is 1. The van der Waals surface area contributed by atoms with Gasteiger partial charge in [0.25, 0.3) is 5.91 Å². The summed E-state index contributed by atoms with van der Waals surface area (Å²) in [5, 5.41) is 13.3. The van der Waals surface area contributed by atoms with Crippen molar-refractivity contribution in [3.63, 3.8) is 0 Å². The second-order valence-corrected chi connectivity index (χ2v) is 3.92. The smallest absolute Gasteiger partial charge is 0.273 e. The van der Waals surface area contributed by atoms with Crippen molar-refractivity contribution in [2.24, 2.45) is 0 Å². The Hall–Kier alpha value is -0.910. The van der Waals surface area contributed by atoms with Gasteiger partial charge in [0.15, 0.2) is 5.69 Å². The molecule has 1 aromatic rings. The van der Waals surface area contributed by atoms with Gasteiger partial charge in [-0.1, -0.05) is 22.9 Å². The van der Waals surface area contributed by atoms with Crippen molar-refractivity contribution in [1.29, 1.82) is 0 Å². The second kappa shape index (κ2) is 4.54. The van der Waals surface area contributed by atoms with Crippen LogP contribution >= 0.6 is 15.9 Å². The zero-order valence-corrected chi connectivity index (χ0v) is 9.76. The Labute approximate surface area is 90.8 Å². The molecule has 14 heavy (non-hydrogen) atoms. The Morgan fingerprint density at radius 1 is 1.79 bits per heavy atom. The van der Waals surface area contributed by atoms with E-state index in [1.54, 1.807) is 0 Å². The van der Waals surface area contributed by atoms with Gasteiger partial charge in [0.05, 0.1) is 6.20 Å². The van der Waals surface area contributed by atoms with Crippen molar-refractivity contribution in [2.45, 2.75) is 25.8 Å². The highest BCUT2D eigenvalue weighted by molar-refractivity contribution is 9.09. The number of rotatable bonds is 4. The third kappa shape index (κ3) is 2.54. The summed E-state index contributed by atoms with van der Waals surface area (Å²) in [4.78, 5) is 11.6. The highest BCUT2D eigenvalue weighted by atomic mass is 79.9. The highest BCUT2D eigenvalue weighted by Gasteiger charge is 2.24. The Morgan fingerprint density at radius 2 is 2.50 bits per heavy atom. The fourth-order valence-electron chi connectivity index (χ4n) is 0.865. The number of carbonyl (C=O) groups excluding carboxylic acids is 1. The standard InChI is InChI=1S/C8H13BrN4O/c1-3-8(2,5-9)11-7(14)6-4-10-13-12-6/h4H,3,5H2,1-2H3,(H,11,14)(H,10,12,13). The van der Waals surface area contributed by atoms with Gasteiger partial charge in [-0.05, 0) is 13.3 Å². The number of halogens is 1. The Balaban J connectivity index is 2.65. The largest absolute Gasteiger partial charge is 0.345 e. The number of aromatic nitrogens is 3. The first-order chi connectivity index (χ1) is 6.61. The minimum Gasteiger partial charge on any atom is -0.345 e. The van der Waals surface area contributed by atoms with E-state index in [4.69, 9.17) is 0 Å². The fraction of sp³-hybridized carbons (Fsp3) is 0.625. The van der Waals surface area contributed by atoms with Crippen LogP contribution in [0.25, 0.3) is 0 Å². The van der Waals surface area contributed by atoms with E-state index in [-0.39, 0.29) is 11.4 Å². The van der Waals surface area contributed by atoms with Crippen LogP contribution < -0.4 is 5.32 Å². The molecule has 2 N–H and O–H groups in total. The van der Waals surface area contributed by atoms with Gasteiger partial charge in [-0.25, -0.2) is 0 Å². The van der Waals surface area contributed by atoms with E-state index in [2.05, 4.69) is 36.7 Å². The van der Waals surface area contributed by atoms with Crippen molar-refractivity contribution in [3.05, 3.63) is 11.9 Å². The zero-order chi connectivity index (χ0) is 10.6. The summed E-state index contributed by atoms with van der Waals surface area (Å²) < 4.78 is 0. The number of nitrogens with one attached hydrogen (secondary N) is 2. The summed E-state index contributed by atoms with van der Waals surface area (Å²) in [5.74, 6) is -0.206. The molecule has 0 aliphatic heterocycles. The molecule has 1 atom stereocenters. The van der Waals surface area contributed by atoms with Crippen LogP contribution in [0.5, 0.6) is 0 Å². The van der Waals surface area contributed by atoms with Gasteiger partial charge in [-0.2, -0.15) is 15.4 Å². The number of carbonyl (C=O) groups is 1. The van der Waals surface area contributed by atoms with E-state index < -0.39 is 0 Å². The van der Waals surface area contributed by atoms with Gasteiger partial charge >= 0.3 is 0 Å². The fourth-order valence-corrected chi connectivity index (χ4v) is 1.40. The van der Waals surface area contributed by atoms with Crippen molar-refractivity contribution < 1.29 is 4.79 Å². The summed E-state index contributed by atoms with van der Waals surface area (Å²) >= 11 is 3.37. The van der Waals surface area contributed by atoms with Crippen LogP contribution in [0.3, 0.4) is 0 Å². The van der Waals surface area contributed by atoms with Crippen LogP contribution in [0.15, 0.2) is 6.20 Å². The lowest BCUT2D eigenvalue weighted by atomic mass is 10.0. The lowest BCUT2D eigenvalue weighted by molar-refractivity contribution is 0.0908. The molecule has 0 aliphatic rings. The lowest BCUT2D eigenvalue weighted by Crippen LogP contribution is -2.47. The molecule has 0 bridgehead atoms. The molecule has 1 aromatic heterocycles. The van der Waals surface area contributed by atoms with Crippen LogP contribution in [0, 0.1) is 0 Å². The predicted octanol–water partition coefficient (Wildman–Crippen LogP) is 1.10. The Bertz CT molecular complexity index is 294. The average molecular weight is 261 g/mol. The van der Waals surface area contributed by atoms with Crippen LogP contribution in [0.4, 0.5) is 0 Å². The topological polar surface area (TPSA) is 70.7 Å². The molecule has 78 valence electrons. The summed E-state index contributed by atoms with van der Waals surface area (Å²) in [5.41, 5.74) is 0.0707. The van der Waals surface area contributed by atoms with Crippen molar-refractivity contribution in [1.82, 2.24) is 20.7 Å². The van der Waals surface area contributed by atoms with Gasteiger partial charge in [0, 0.05) is 10.9 Å². The molecule has 1 rings (SSSR count). The van der Waals surface area contributed by atoms with Crippen LogP contribution in [0.1, 0.15) is 30.8 Å². The molecule has 1 heterocycles. The molecular formula is C8H13BrN4O. The molecule has 1 amide bonds. The number of nitrogens with zero attached hydrogens (tertiary/aromatic N) is 2. The minimum absolute atomic E-state index is 0.206. The molecule has 1 unspecified atom stereocenters. The van der Waals surface area contributed by atoms with E-state index >= 15 is 0 Å². The number of hydrogen-bond acceptors (Lipinski definition) is 3. The summed E-state index contributed by atoms with van der Waals surface area (Å²) in [6.45, 7) is 3.99. The SMILES string of the molecule is CCC(C)(CBr)NC(=O)c1cn[nH]n1. The first-order valence-electron chi connectivity index (χ1n) is 4.35. The van der Waals surface area contributed by atoms with E-state index in [1.807, 2.05) is 13.8 Å². The Morgan fingerprint density at radius 3 is 2.93 bits per heavy atom. The predicted molar refractivity (Wildman–Crippen MR) is 56.3 cm³/mol. The molecule has 0 spiro atoms. The molecule has 0 saturated carbocycles. The molecule has 0 saturated heterocycles. The summed E-state index contributed by atoms with van der Waals surface area (Å²) in [6.07, 6.45) is 2.25. The molecule has 0 radical (unpaired) electrons. The van der Waals surface area contributed by atoms with Crippen molar-refractivity contribution in [3.8, 4) is 0 Å². The molecule has 0 aliphatic carbocycles. The maximum absolute atomic E-state index is 11.6. The summed E-state index contributed by atoms with van der Waals surface area (Å²) in [7, 11) is 0. The summed E-state index contributed by atoms with van der Waals surface area (Å²) in [6, 6.07) is 0. The average Bonchev–Trinajstić information content (AvgIpc) is 2.70.